The Hall–Kier alpha value is -2.50. The molecule has 0 atom stereocenters. The lowest BCUT2D eigenvalue weighted by molar-refractivity contribution is -0.115. The molecule has 0 aliphatic heterocycles. The van der Waals surface area contributed by atoms with Crippen molar-refractivity contribution in [3.05, 3.63) is 42.5 Å². The highest BCUT2D eigenvalue weighted by Crippen LogP contribution is 2.19. The standard InChI is InChI=1S/C13H12FN3O2/c1-2-12(18)17-11-7-16-13(8-15-11)19-10-5-3-9(14)4-6-10/h3-8H,2H2,1H3,(H,15,17,18). The van der Waals surface area contributed by atoms with Gasteiger partial charge in [-0.05, 0) is 24.3 Å². The van der Waals surface area contributed by atoms with Gasteiger partial charge in [0.05, 0.1) is 12.4 Å². The van der Waals surface area contributed by atoms with Crippen molar-refractivity contribution in [1.82, 2.24) is 9.97 Å². The number of aromatic nitrogens is 2. The van der Waals surface area contributed by atoms with Crippen LogP contribution in [-0.4, -0.2) is 15.9 Å². The highest BCUT2D eigenvalue weighted by molar-refractivity contribution is 5.89. The van der Waals surface area contributed by atoms with Crippen LogP contribution in [0, 0.1) is 5.82 Å². The summed E-state index contributed by atoms with van der Waals surface area (Å²) in [4.78, 5) is 19.1. The zero-order valence-corrected chi connectivity index (χ0v) is 10.3. The summed E-state index contributed by atoms with van der Waals surface area (Å²) in [5.41, 5.74) is 0. The summed E-state index contributed by atoms with van der Waals surface area (Å²) >= 11 is 0. The molecule has 0 saturated heterocycles. The fraction of sp³-hybridized carbons (Fsp3) is 0.154. The topological polar surface area (TPSA) is 64.1 Å². The van der Waals surface area contributed by atoms with Crippen molar-refractivity contribution in [1.29, 1.82) is 0 Å². The molecule has 0 aliphatic rings. The molecule has 1 aromatic heterocycles. The van der Waals surface area contributed by atoms with E-state index in [1.165, 1.54) is 36.7 Å². The molecule has 1 heterocycles. The van der Waals surface area contributed by atoms with Crippen molar-refractivity contribution in [3.63, 3.8) is 0 Å². The van der Waals surface area contributed by atoms with Crippen LogP contribution >= 0.6 is 0 Å². The van der Waals surface area contributed by atoms with Crippen LogP contribution in [0.5, 0.6) is 11.6 Å². The second kappa shape index (κ2) is 5.90. The van der Waals surface area contributed by atoms with Gasteiger partial charge in [-0.15, -0.1) is 0 Å². The number of rotatable bonds is 4. The molecule has 0 bridgehead atoms. The van der Waals surface area contributed by atoms with Gasteiger partial charge in [0.25, 0.3) is 0 Å². The fourth-order valence-corrected chi connectivity index (χ4v) is 1.29. The number of amides is 1. The van der Waals surface area contributed by atoms with Crippen LogP contribution in [-0.2, 0) is 4.79 Å². The number of carbonyl (C=O) groups is 1. The minimum absolute atomic E-state index is 0.137. The average molecular weight is 261 g/mol. The summed E-state index contributed by atoms with van der Waals surface area (Å²) in [6, 6.07) is 5.56. The van der Waals surface area contributed by atoms with Gasteiger partial charge >= 0.3 is 0 Å². The van der Waals surface area contributed by atoms with E-state index < -0.39 is 0 Å². The molecule has 1 aromatic carbocycles. The first-order valence-corrected chi connectivity index (χ1v) is 5.72. The number of hydrogen-bond donors (Lipinski definition) is 1. The van der Waals surface area contributed by atoms with Crippen LogP contribution in [0.3, 0.4) is 0 Å². The molecule has 0 aliphatic carbocycles. The van der Waals surface area contributed by atoms with Gasteiger partial charge in [0.2, 0.25) is 11.8 Å². The highest BCUT2D eigenvalue weighted by Gasteiger charge is 2.03. The number of nitrogens with zero attached hydrogens (tertiary/aromatic N) is 2. The van der Waals surface area contributed by atoms with Gasteiger partial charge in [0.15, 0.2) is 5.82 Å². The van der Waals surface area contributed by atoms with Crippen LogP contribution < -0.4 is 10.1 Å². The van der Waals surface area contributed by atoms with E-state index in [-0.39, 0.29) is 17.6 Å². The molecule has 1 amide bonds. The molecule has 0 saturated carbocycles. The van der Waals surface area contributed by atoms with Crippen LogP contribution in [0.1, 0.15) is 13.3 Å². The van der Waals surface area contributed by atoms with E-state index in [1.807, 2.05) is 0 Å². The molecule has 5 nitrogen and oxygen atoms in total. The van der Waals surface area contributed by atoms with E-state index in [0.717, 1.165) is 0 Å². The summed E-state index contributed by atoms with van der Waals surface area (Å²) in [5.74, 6) is 0.609. The third kappa shape index (κ3) is 3.74. The highest BCUT2D eigenvalue weighted by atomic mass is 19.1. The molecule has 0 fully saturated rings. The molecule has 0 radical (unpaired) electrons. The lowest BCUT2D eigenvalue weighted by Gasteiger charge is -2.05. The lowest BCUT2D eigenvalue weighted by Crippen LogP contribution is -2.10. The van der Waals surface area contributed by atoms with Crippen molar-refractivity contribution in [2.75, 3.05) is 5.32 Å². The second-order valence-corrected chi connectivity index (χ2v) is 3.70. The molecule has 0 spiro atoms. The van der Waals surface area contributed by atoms with Crippen LogP contribution in [0.4, 0.5) is 10.2 Å². The van der Waals surface area contributed by atoms with Crippen molar-refractivity contribution < 1.29 is 13.9 Å². The SMILES string of the molecule is CCC(=O)Nc1cnc(Oc2ccc(F)cc2)cn1. The molecule has 19 heavy (non-hydrogen) atoms. The number of hydrogen-bond acceptors (Lipinski definition) is 4. The predicted octanol–water partition coefficient (Wildman–Crippen LogP) is 2.76. The molecule has 6 heteroatoms. The molecular formula is C13H12FN3O2. The normalized spacial score (nSPS) is 10.0. The lowest BCUT2D eigenvalue weighted by atomic mass is 10.3. The van der Waals surface area contributed by atoms with E-state index in [4.69, 9.17) is 4.74 Å². The third-order valence-corrected chi connectivity index (χ3v) is 2.25. The quantitative estimate of drug-likeness (QED) is 0.919. The molecule has 2 aromatic rings. The maximum Gasteiger partial charge on any atom is 0.237 e. The van der Waals surface area contributed by atoms with E-state index in [2.05, 4.69) is 15.3 Å². The van der Waals surface area contributed by atoms with Gasteiger partial charge in [0, 0.05) is 6.42 Å². The Labute approximate surface area is 109 Å². The van der Waals surface area contributed by atoms with E-state index >= 15 is 0 Å². The maximum atomic E-state index is 12.7. The zero-order chi connectivity index (χ0) is 13.7. The molecule has 0 unspecified atom stereocenters. The number of halogens is 1. The fourth-order valence-electron chi connectivity index (χ4n) is 1.29. The molecule has 1 N–H and O–H groups in total. The summed E-state index contributed by atoms with van der Waals surface area (Å²) in [6.45, 7) is 1.74. The summed E-state index contributed by atoms with van der Waals surface area (Å²) in [6.07, 6.45) is 3.15. The van der Waals surface area contributed by atoms with E-state index in [9.17, 15) is 9.18 Å². The summed E-state index contributed by atoms with van der Waals surface area (Å²) < 4.78 is 18.1. The van der Waals surface area contributed by atoms with Gasteiger partial charge in [-0.1, -0.05) is 6.92 Å². The van der Waals surface area contributed by atoms with Gasteiger partial charge in [-0.3, -0.25) is 4.79 Å². The Kier molecular flexibility index (Phi) is 4.02. The largest absolute Gasteiger partial charge is 0.438 e. The van der Waals surface area contributed by atoms with Gasteiger partial charge < -0.3 is 10.1 Å². The number of anilines is 1. The van der Waals surface area contributed by atoms with Crippen LogP contribution in [0.25, 0.3) is 0 Å². The molecule has 98 valence electrons. The Morgan fingerprint density at radius 3 is 2.58 bits per heavy atom. The van der Waals surface area contributed by atoms with Crippen molar-refractivity contribution in [3.8, 4) is 11.6 Å². The Morgan fingerprint density at radius 2 is 2.00 bits per heavy atom. The number of carbonyl (C=O) groups excluding carboxylic acids is 1. The Bertz CT molecular complexity index is 555. The van der Waals surface area contributed by atoms with Crippen LogP contribution in [0.2, 0.25) is 0 Å². The smallest absolute Gasteiger partial charge is 0.237 e. The minimum Gasteiger partial charge on any atom is -0.438 e. The predicted molar refractivity (Wildman–Crippen MR) is 67.4 cm³/mol. The average Bonchev–Trinajstić information content (AvgIpc) is 2.43. The van der Waals surface area contributed by atoms with Gasteiger partial charge in [0.1, 0.15) is 11.6 Å². The number of ether oxygens (including phenoxy) is 1. The Balaban J connectivity index is 2.02. The molecule has 2 rings (SSSR count). The maximum absolute atomic E-state index is 12.7. The molecular weight excluding hydrogens is 249 g/mol. The number of benzene rings is 1. The van der Waals surface area contributed by atoms with E-state index in [1.54, 1.807) is 6.92 Å². The Morgan fingerprint density at radius 1 is 1.26 bits per heavy atom. The first-order valence-electron chi connectivity index (χ1n) is 5.72. The minimum atomic E-state index is -0.337. The summed E-state index contributed by atoms with van der Waals surface area (Å²) in [5, 5.41) is 2.57. The van der Waals surface area contributed by atoms with Crippen molar-refractivity contribution >= 4 is 11.7 Å². The van der Waals surface area contributed by atoms with Gasteiger partial charge in [-0.25, -0.2) is 14.4 Å². The first kappa shape index (κ1) is 12.9. The summed E-state index contributed by atoms with van der Waals surface area (Å²) in [7, 11) is 0. The van der Waals surface area contributed by atoms with Gasteiger partial charge in [-0.2, -0.15) is 0 Å². The first-order chi connectivity index (χ1) is 9.17. The second-order valence-electron chi connectivity index (χ2n) is 3.70. The zero-order valence-electron chi connectivity index (χ0n) is 10.3. The van der Waals surface area contributed by atoms with Crippen molar-refractivity contribution in [2.24, 2.45) is 0 Å². The number of nitrogens with one attached hydrogen (secondary N) is 1. The van der Waals surface area contributed by atoms with Crippen LogP contribution in [0.15, 0.2) is 36.7 Å². The van der Waals surface area contributed by atoms with Crippen molar-refractivity contribution in [2.45, 2.75) is 13.3 Å². The monoisotopic (exact) mass is 261 g/mol. The van der Waals surface area contributed by atoms with E-state index in [0.29, 0.717) is 18.0 Å². The third-order valence-electron chi connectivity index (χ3n) is 2.25.